The lowest BCUT2D eigenvalue weighted by Crippen LogP contribution is -2.22. The minimum atomic E-state index is -6.00. The van der Waals surface area contributed by atoms with Crippen molar-refractivity contribution in [1.29, 1.82) is 0 Å². The molecule has 2 heterocycles. The molecule has 0 N–H and O–H groups in total. The minimum absolute atomic E-state index is 0.513. The van der Waals surface area contributed by atoms with Crippen LogP contribution < -0.4 is 14.5 Å². The fraction of sp³-hybridized carbons (Fsp3) is 0.465. The van der Waals surface area contributed by atoms with Crippen molar-refractivity contribution in [2.75, 3.05) is 36.0 Å². The summed E-state index contributed by atoms with van der Waals surface area (Å²) in [7, 11) is -6.00. The highest BCUT2D eigenvalue weighted by Crippen LogP contribution is 2.42. The highest BCUT2D eigenvalue weighted by atomic mass is 19.5. The molecule has 0 unspecified atom stereocenters. The van der Waals surface area contributed by atoms with E-state index in [0.29, 0.717) is 11.8 Å². The van der Waals surface area contributed by atoms with E-state index in [1.807, 2.05) is 0 Å². The van der Waals surface area contributed by atoms with Gasteiger partial charge in [-0.15, -0.1) is 0 Å². The minimum Gasteiger partial charge on any atom is -0.461 e. The highest BCUT2D eigenvalue weighted by Gasteiger charge is 2.28. The Labute approximate surface area is 308 Å². The van der Waals surface area contributed by atoms with Crippen molar-refractivity contribution in [2.45, 2.75) is 97.8 Å². The Bertz CT molecular complexity index is 1740. The van der Waals surface area contributed by atoms with E-state index in [2.05, 4.69) is 116 Å². The Morgan fingerprint density at radius 1 is 0.712 bits per heavy atom. The summed E-state index contributed by atoms with van der Waals surface area (Å²) in [5, 5.41) is 1.17. The maximum atomic E-state index is 9.75. The third-order valence-corrected chi connectivity index (χ3v) is 10.6. The molecular weight excluding hydrogens is 663 g/mol. The number of hydrogen-bond donors (Lipinski definition) is 0. The molecule has 9 heteroatoms. The van der Waals surface area contributed by atoms with Crippen LogP contribution in [-0.4, -0.2) is 33.4 Å². The number of ether oxygens (including phenoxy) is 1. The van der Waals surface area contributed by atoms with Gasteiger partial charge in [-0.2, -0.15) is 0 Å². The maximum Gasteiger partial charge on any atom is 0.673 e. The van der Waals surface area contributed by atoms with Crippen LogP contribution in [0.2, 0.25) is 0 Å². The lowest BCUT2D eigenvalue weighted by Gasteiger charge is -2.30. The number of halogens is 4. The van der Waals surface area contributed by atoms with Crippen molar-refractivity contribution in [2.24, 2.45) is 5.92 Å². The molecule has 2 aliphatic carbocycles. The second kappa shape index (κ2) is 18.7. The van der Waals surface area contributed by atoms with Crippen molar-refractivity contribution < 1.29 is 26.4 Å². The third-order valence-electron chi connectivity index (χ3n) is 10.6. The van der Waals surface area contributed by atoms with Gasteiger partial charge in [-0.05, 0) is 89.3 Å². The molecule has 2 fully saturated rings. The van der Waals surface area contributed by atoms with Crippen molar-refractivity contribution in [1.82, 2.24) is 0 Å². The largest absolute Gasteiger partial charge is 0.673 e. The number of fused-ring (bicyclic) bond motifs is 2. The van der Waals surface area contributed by atoms with E-state index in [9.17, 15) is 17.3 Å². The molecule has 0 amide bonds. The molecule has 3 aromatic rings. The van der Waals surface area contributed by atoms with Gasteiger partial charge in [0.1, 0.15) is 11.5 Å². The van der Waals surface area contributed by atoms with Gasteiger partial charge >= 0.3 is 18.6 Å². The van der Waals surface area contributed by atoms with Gasteiger partial charge in [0.15, 0.2) is 0 Å². The van der Waals surface area contributed by atoms with Crippen molar-refractivity contribution in [3.8, 4) is 5.75 Å². The van der Waals surface area contributed by atoms with E-state index in [0.717, 1.165) is 49.0 Å². The fourth-order valence-electron chi connectivity index (χ4n) is 7.85. The smallest absolute Gasteiger partial charge is 0.461 e. The summed E-state index contributed by atoms with van der Waals surface area (Å²) in [6.07, 6.45) is 26.1. The summed E-state index contributed by atoms with van der Waals surface area (Å²) in [5.74, 6) is 4.30. The molecule has 280 valence electrons. The zero-order valence-electron chi connectivity index (χ0n) is 31.4. The average Bonchev–Trinajstić information content (AvgIpc) is 3.15. The molecule has 0 saturated heterocycles. The van der Waals surface area contributed by atoms with Crippen LogP contribution in [0.4, 0.5) is 28.6 Å². The van der Waals surface area contributed by atoms with Gasteiger partial charge < -0.3 is 31.8 Å². The monoisotopic (exact) mass is 718 g/mol. The molecule has 0 atom stereocenters. The van der Waals surface area contributed by atoms with E-state index in [-0.39, 0.29) is 0 Å². The van der Waals surface area contributed by atoms with Gasteiger partial charge in [0.25, 0.3) is 0 Å². The van der Waals surface area contributed by atoms with E-state index in [1.165, 1.54) is 97.7 Å². The Kier molecular flexibility index (Phi) is 14.1. The first-order valence-electron chi connectivity index (χ1n) is 19.5. The number of allylic oxidation sites excluding steroid dienone is 7. The Morgan fingerprint density at radius 2 is 1.29 bits per heavy atom. The molecule has 3 aliphatic rings. The Balaban J connectivity index is 0.000000979. The lowest BCUT2D eigenvalue weighted by atomic mass is 9.86. The Hall–Kier alpha value is -4.01. The molecule has 52 heavy (non-hydrogen) atoms. The summed E-state index contributed by atoms with van der Waals surface area (Å²) in [4.78, 5) is 4.78. The summed E-state index contributed by atoms with van der Waals surface area (Å²) in [6, 6.07) is 15.8. The number of nitrogens with zero attached hydrogens (tertiary/aromatic N) is 2. The zero-order chi connectivity index (χ0) is 37.1. The number of benzene rings is 2. The second-order valence-electron chi connectivity index (χ2n) is 14.0. The van der Waals surface area contributed by atoms with E-state index in [4.69, 9.17) is 9.15 Å². The van der Waals surface area contributed by atoms with Gasteiger partial charge in [0.2, 0.25) is 0 Å². The molecule has 0 radical (unpaired) electrons. The summed E-state index contributed by atoms with van der Waals surface area (Å²) >= 11 is 0. The van der Waals surface area contributed by atoms with Crippen LogP contribution >= 0.6 is 0 Å². The van der Waals surface area contributed by atoms with Gasteiger partial charge in [-0.3, -0.25) is 0 Å². The normalized spacial score (nSPS) is 17.9. The van der Waals surface area contributed by atoms with Crippen LogP contribution in [0.3, 0.4) is 0 Å². The molecule has 6 rings (SSSR count). The van der Waals surface area contributed by atoms with E-state index < -0.39 is 7.25 Å². The predicted octanol–water partition coefficient (Wildman–Crippen LogP) is 13.3. The van der Waals surface area contributed by atoms with Crippen LogP contribution in [0.25, 0.3) is 22.6 Å². The summed E-state index contributed by atoms with van der Waals surface area (Å²) in [6.45, 7) is 12.8. The van der Waals surface area contributed by atoms with Crippen LogP contribution in [0.1, 0.15) is 115 Å². The van der Waals surface area contributed by atoms with Gasteiger partial charge in [-0.25, -0.2) is 4.42 Å². The predicted molar refractivity (Wildman–Crippen MR) is 212 cm³/mol. The first-order valence-corrected chi connectivity index (χ1v) is 19.5. The summed E-state index contributed by atoms with van der Waals surface area (Å²) < 4.78 is 52.3. The highest BCUT2D eigenvalue weighted by molar-refractivity contribution is 6.50. The molecular formula is C43H55BF4N2O2. The third kappa shape index (κ3) is 10.5. The van der Waals surface area contributed by atoms with Gasteiger partial charge in [0, 0.05) is 66.7 Å². The molecule has 1 aromatic heterocycles. The van der Waals surface area contributed by atoms with E-state index >= 15 is 0 Å². The number of hydrogen-bond acceptors (Lipinski definition) is 3. The maximum absolute atomic E-state index is 9.75. The van der Waals surface area contributed by atoms with Crippen LogP contribution in [0, 0.1) is 5.92 Å². The topological polar surface area (TPSA) is 27.0 Å². The van der Waals surface area contributed by atoms with Crippen LogP contribution in [-0.2, 0) is 0 Å². The SMILES string of the molecule is CCN(CC)c1ccc2c(c1)OC(C1CCCCC1)=C\C2=C/C=C/C=C/c1cc(C2CCCCC2)[o+]c2cc(N(CC)CC)ccc12.F[B-](F)(F)F. The van der Waals surface area contributed by atoms with Crippen LogP contribution in [0.5, 0.6) is 5.75 Å². The molecule has 2 saturated carbocycles. The zero-order valence-corrected chi connectivity index (χ0v) is 31.4. The first-order chi connectivity index (χ1) is 25.1. The van der Waals surface area contributed by atoms with Crippen molar-refractivity contribution in [3.63, 3.8) is 0 Å². The molecule has 4 nitrogen and oxygen atoms in total. The molecule has 1 aliphatic heterocycles. The van der Waals surface area contributed by atoms with E-state index in [1.54, 1.807) is 0 Å². The second-order valence-corrected chi connectivity index (χ2v) is 14.0. The standard InChI is InChI=1S/C43H55N2O2.BF4/c1-5-44(6-2)36-24-26-38-34(28-40(46-42(38)30-36)32-18-12-9-13-19-32)22-16-11-17-23-35-29-41(33-20-14-10-15-21-33)47-43-31-37(25-27-39(35)43)45(7-3)8-4;2-1(3,4)5/h11,16-17,22-33H,5-10,12-15,18-21H2,1-4H3;/q+1;-1. The number of rotatable bonds is 11. The molecule has 0 bridgehead atoms. The van der Waals surface area contributed by atoms with Crippen LogP contribution in [0.15, 0.2) is 83.0 Å². The quantitative estimate of drug-likeness (QED) is 0.0854. The fourth-order valence-corrected chi connectivity index (χ4v) is 7.85. The number of anilines is 2. The Morgan fingerprint density at radius 3 is 1.90 bits per heavy atom. The van der Waals surface area contributed by atoms with Crippen molar-refractivity contribution >= 4 is 41.2 Å². The average molecular weight is 719 g/mol. The summed E-state index contributed by atoms with van der Waals surface area (Å²) in [5.41, 5.74) is 7.09. The molecule has 0 spiro atoms. The lowest BCUT2D eigenvalue weighted by molar-refractivity contribution is 0.286. The van der Waals surface area contributed by atoms with Gasteiger partial charge in [-0.1, -0.05) is 68.9 Å². The van der Waals surface area contributed by atoms with Crippen molar-refractivity contribution in [3.05, 3.63) is 95.5 Å². The first kappa shape index (κ1) is 39.2. The van der Waals surface area contributed by atoms with Gasteiger partial charge in [0.05, 0.1) is 17.4 Å². The molecule has 2 aromatic carbocycles.